The molecule has 7 heteroatoms. The molecule has 0 aliphatic rings. The molecular formula is C15H18FN3O3. The third-order valence-electron chi connectivity index (χ3n) is 3.38. The van der Waals surface area contributed by atoms with E-state index in [1.165, 1.54) is 27.1 Å². The largest absolute Gasteiger partial charge is 0.497 e. The number of methoxy groups -OCH3 is 1. The van der Waals surface area contributed by atoms with E-state index in [0.717, 1.165) is 0 Å². The van der Waals surface area contributed by atoms with Crippen LogP contribution in [0.2, 0.25) is 0 Å². The number of rotatable bonds is 5. The second-order valence-corrected chi connectivity index (χ2v) is 4.82. The van der Waals surface area contributed by atoms with Crippen LogP contribution in [-0.2, 0) is 11.2 Å². The molecule has 0 radical (unpaired) electrons. The summed E-state index contributed by atoms with van der Waals surface area (Å²) in [6.07, 6.45) is 0.398. The molecule has 22 heavy (non-hydrogen) atoms. The highest BCUT2D eigenvalue weighted by Gasteiger charge is 2.19. The van der Waals surface area contributed by atoms with Crippen LogP contribution in [0.25, 0.3) is 10.9 Å². The number of fused-ring (bicyclic) bond motifs is 1. The lowest BCUT2D eigenvalue weighted by Crippen LogP contribution is -2.24. The number of hydrogen-bond acceptors (Lipinski definition) is 3. The van der Waals surface area contributed by atoms with Crippen LogP contribution in [-0.4, -0.2) is 37.5 Å². The highest BCUT2D eigenvalue weighted by atomic mass is 19.1. The zero-order valence-corrected chi connectivity index (χ0v) is 12.7. The number of aromatic amines is 1. The molecule has 2 aromatic rings. The van der Waals surface area contributed by atoms with Crippen molar-refractivity contribution in [2.75, 3.05) is 20.7 Å². The van der Waals surface area contributed by atoms with Gasteiger partial charge in [0.1, 0.15) is 11.4 Å². The zero-order valence-electron chi connectivity index (χ0n) is 12.7. The van der Waals surface area contributed by atoms with E-state index in [9.17, 15) is 14.0 Å². The molecule has 2 amide bonds. The van der Waals surface area contributed by atoms with Crippen molar-refractivity contribution in [3.8, 4) is 5.75 Å². The van der Waals surface area contributed by atoms with Gasteiger partial charge in [-0.05, 0) is 18.1 Å². The van der Waals surface area contributed by atoms with Crippen molar-refractivity contribution in [3.05, 3.63) is 29.2 Å². The maximum atomic E-state index is 14.1. The van der Waals surface area contributed by atoms with E-state index < -0.39 is 5.82 Å². The molecule has 3 N–H and O–H groups in total. The molecule has 6 nitrogen and oxygen atoms in total. The Morgan fingerprint density at radius 2 is 2.09 bits per heavy atom. The lowest BCUT2D eigenvalue weighted by molar-refractivity contribution is -0.118. The fourth-order valence-corrected chi connectivity index (χ4v) is 2.34. The highest BCUT2D eigenvalue weighted by Crippen LogP contribution is 2.29. The molecule has 0 bridgehead atoms. The number of carbonyl (C=O) groups is 2. The van der Waals surface area contributed by atoms with Crippen LogP contribution >= 0.6 is 0 Å². The first kappa shape index (κ1) is 15.8. The van der Waals surface area contributed by atoms with E-state index in [0.29, 0.717) is 29.7 Å². The lowest BCUT2D eigenvalue weighted by Gasteiger charge is -2.06. The van der Waals surface area contributed by atoms with Gasteiger partial charge in [0.15, 0.2) is 5.82 Å². The Bertz CT molecular complexity index is 724. The van der Waals surface area contributed by atoms with Crippen LogP contribution in [0.1, 0.15) is 23.0 Å². The molecule has 0 aliphatic heterocycles. The van der Waals surface area contributed by atoms with Crippen LogP contribution in [0, 0.1) is 5.82 Å². The lowest BCUT2D eigenvalue weighted by atomic mass is 10.1. The molecule has 0 fully saturated rings. The minimum atomic E-state index is -0.495. The minimum absolute atomic E-state index is 0.162. The van der Waals surface area contributed by atoms with Gasteiger partial charge in [-0.2, -0.15) is 0 Å². The smallest absolute Gasteiger partial charge is 0.267 e. The van der Waals surface area contributed by atoms with E-state index in [2.05, 4.69) is 15.6 Å². The number of aromatic nitrogens is 1. The van der Waals surface area contributed by atoms with Crippen LogP contribution in [0.3, 0.4) is 0 Å². The number of amides is 2. The number of benzene rings is 1. The molecule has 0 atom stereocenters. The predicted octanol–water partition coefficient (Wildman–Crippen LogP) is 1.35. The summed E-state index contributed by atoms with van der Waals surface area (Å²) in [5, 5.41) is 5.76. The second kappa shape index (κ2) is 6.46. The van der Waals surface area contributed by atoms with Crippen molar-refractivity contribution in [1.82, 2.24) is 15.6 Å². The van der Waals surface area contributed by atoms with Crippen molar-refractivity contribution in [2.45, 2.75) is 13.3 Å². The molecular weight excluding hydrogens is 289 g/mol. The SMILES string of the molecule is CNC(=O)c1[nH]c2c(F)cc(OC)cc2c1CCNC(C)=O. The number of carbonyl (C=O) groups excluding carboxylic acids is 2. The van der Waals surface area contributed by atoms with E-state index in [1.807, 2.05) is 0 Å². The standard InChI is InChI=1S/C15H18FN3O3/c1-8(20)18-5-4-10-11-6-9(22-3)7-12(16)13(11)19-14(10)15(21)17-2/h6-7,19H,4-5H2,1-3H3,(H,17,21)(H,18,20). The molecule has 1 aromatic carbocycles. The van der Waals surface area contributed by atoms with Gasteiger partial charge < -0.3 is 20.4 Å². The summed E-state index contributed by atoms with van der Waals surface area (Å²) in [4.78, 5) is 25.8. The van der Waals surface area contributed by atoms with Gasteiger partial charge in [0, 0.05) is 32.0 Å². The first-order chi connectivity index (χ1) is 10.5. The molecule has 0 spiro atoms. The Morgan fingerprint density at radius 1 is 1.36 bits per heavy atom. The van der Waals surface area contributed by atoms with Crippen LogP contribution in [0.15, 0.2) is 12.1 Å². The van der Waals surface area contributed by atoms with Crippen molar-refractivity contribution in [1.29, 1.82) is 0 Å². The maximum Gasteiger partial charge on any atom is 0.267 e. The zero-order chi connectivity index (χ0) is 16.3. The minimum Gasteiger partial charge on any atom is -0.497 e. The third-order valence-corrected chi connectivity index (χ3v) is 3.38. The van der Waals surface area contributed by atoms with E-state index >= 15 is 0 Å². The Labute approximate surface area is 127 Å². The summed E-state index contributed by atoms with van der Waals surface area (Å²) < 4.78 is 19.2. The van der Waals surface area contributed by atoms with Crippen molar-refractivity contribution in [3.63, 3.8) is 0 Å². The quantitative estimate of drug-likeness (QED) is 0.780. The van der Waals surface area contributed by atoms with Crippen molar-refractivity contribution in [2.24, 2.45) is 0 Å². The number of H-pyrrole nitrogens is 1. The fraction of sp³-hybridized carbons (Fsp3) is 0.333. The Morgan fingerprint density at radius 3 is 2.68 bits per heavy atom. The Kier molecular flexibility index (Phi) is 4.65. The van der Waals surface area contributed by atoms with Crippen LogP contribution in [0.5, 0.6) is 5.75 Å². The summed E-state index contributed by atoms with van der Waals surface area (Å²) >= 11 is 0. The summed E-state index contributed by atoms with van der Waals surface area (Å²) in [7, 11) is 2.95. The number of hydrogen-bond donors (Lipinski definition) is 3. The topological polar surface area (TPSA) is 83.2 Å². The molecule has 0 aliphatic carbocycles. The fourth-order valence-electron chi connectivity index (χ4n) is 2.34. The van der Waals surface area contributed by atoms with Gasteiger partial charge >= 0.3 is 0 Å². The van der Waals surface area contributed by atoms with Gasteiger partial charge in [-0.1, -0.05) is 0 Å². The summed E-state index contributed by atoms with van der Waals surface area (Å²) in [6, 6.07) is 2.93. The first-order valence-electron chi connectivity index (χ1n) is 6.82. The Hall–Kier alpha value is -2.57. The molecule has 0 unspecified atom stereocenters. The van der Waals surface area contributed by atoms with Gasteiger partial charge in [-0.25, -0.2) is 4.39 Å². The average Bonchev–Trinajstić information content (AvgIpc) is 2.85. The maximum absolute atomic E-state index is 14.1. The van der Waals surface area contributed by atoms with Crippen LogP contribution < -0.4 is 15.4 Å². The third kappa shape index (κ3) is 3.03. The normalized spacial score (nSPS) is 10.5. The molecule has 0 saturated heterocycles. The van der Waals surface area contributed by atoms with E-state index in [4.69, 9.17) is 4.74 Å². The van der Waals surface area contributed by atoms with E-state index in [1.54, 1.807) is 6.07 Å². The van der Waals surface area contributed by atoms with Gasteiger partial charge in [0.05, 0.1) is 12.6 Å². The Balaban J connectivity index is 2.53. The van der Waals surface area contributed by atoms with Crippen molar-refractivity contribution >= 4 is 22.7 Å². The summed E-state index contributed by atoms with van der Waals surface area (Å²) in [5.74, 6) is -0.629. The second-order valence-electron chi connectivity index (χ2n) is 4.82. The monoisotopic (exact) mass is 307 g/mol. The van der Waals surface area contributed by atoms with Crippen molar-refractivity contribution < 1.29 is 18.7 Å². The van der Waals surface area contributed by atoms with Crippen LogP contribution in [0.4, 0.5) is 4.39 Å². The summed E-state index contributed by atoms with van der Waals surface area (Å²) in [5.41, 5.74) is 1.17. The molecule has 1 aromatic heterocycles. The highest BCUT2D eigenvalue weighted by molar-refractivity contribution is 6.01. The molecule has 2 rings (SSSR count). The number of nitrogens with one attached hydrogen (secondary N) is 3. The first-order valence-corrected chi connectivity index (χ1v) is 6.82. The van der Waals surface area contributed by atoms with E-state index in [-0.39, 0.29) is 23.0 Å². The predicted molar refractivity (Wildman–Crippen MR) is 80.6 cm³/mol. The number of halogens is 1. The molecule has 118 valence electrons. The van der Waals surface area contributed by atoms with Gasteiger partial charge in [-0.15, -0.1) is 0 Å². The number of ether oxygens (including phenoxy) is 1. The molecule has 0 saturated carbocycles. The van der Waals surface area contributed by atoms with Gasteiger partial charge in [0.2, 0.25) is 5.91 Å². The van der Waals surface area contributed by atoms with Gasteiger partial charge in [0.25, 0.3) is 5.91 Å². The summed E-state index contributed by atoms with van der Waals surface area (Å²) in [6.45, 7) is 1.77. The molecule has 1 heterocycles. The van der Waals surface area contributed by atoms with Gasteiger partial charge in [-0.3, -0.25) is 9.59 Å². The average molecular weight is 307 g/mol.